The van der Waals surface area contributed by atoms with Gasteiger partial charge in [-0.2, -0.15) is 4.98 Å². The van der Waals surface area contributed by atoms with E-state index in [9.17, 15) is 8.78 Å². The van der Waals surface area contributed by atoms with Crippen molar-refractivity contribution in [2.24, 2.45) is 0 Å². The summed E-state index contributed by atoms with van der Waals surface area (Å²) in [6.07, 6.45) is 0. The summed E-state index contributed by atoms with van der Waals surface area (Å²) in [6.45, 7) is 3.72. The molecule has 2 aromatic carbocycles. The Morgan fingerprint density at radius 2 is 1.65 bits per heavy atom. The van der Waals surface area contributed by atoms with Gasteiger partial charge in [0, 0.05) is 11.8 Å². The van der Waals surface area contributed by atoms with Crippen molar-refractivity contribution < 1.29 is 13.5 Å². The zero-order valence-electron chi connectivity index (χ0n) is 14.6. The van der Waals surface area contributed by atoms with Gasteiger partial charge in [0.15, 0.2) is 0 Å². The fourth-order valence-corrected chi connectivity index (χ4v) is 2.47. The van der Waals surface area contributed by atoms with Gasteiger partial charge in [0.1, 0.15) is 28.9 Å². The van der Waals surface area contributed by atoms with Crippen molar-refractivity contribution in [1.82, 2.24) is 9.97 Å². The lowest BCUT2D eigenvalue weighted by atomic mass is 10.2. The Kier molecular flexibility index (Phi) is 4.97. The maximum Gasteiger partial charge on any atom is 0.229 e. The van der Waals surface area contributed by atoms with Crippen LogP contribution in [0.25, 0.3) is 0 Å². The summed E-state index contributed by atoms with van der Waals surface area (Å²) in [4.78, 5) is 8.60. The SMILES string of the molecule is COc1ccc(C)cc1Nc1nc(C)cc(Nc2c(F)cccc2F)n1. The van der Waals surface area contributed by atoms with Gasteiger partial charge in [-0.15, -0.1) is 0 Å². The third kappa shape index (κ3) is 3.88. The van der Waals surface area contributed by atoms with E-state index in [1.54, 1.807) is 20.1 Å². The fraction of sp³-hybridized carbons (Fsp3) is 0.158. The molecule has 2 N–H and O–H groups in total. The number of methoxy groups -OCH3 is 1. The molecule has 0 saturated carbocycles. The van der Waals surface area contributed by atoms with E-state index >= 15 is 0 Å². The highest BCUT2D eigenvalue weighted by Gasteiger charge is 2.12. The number of ether oxygens (including phenoxy) is 1. The van der Waals surface area contributed by atoms with Crippen molar-refractivity contribution in [1.29, 1.82) is 0 Å². The first-order valence-electron chi connectivity index (χ1n) is 7.94. The molecule has 0 amide bonds. The molecule has 134 valence electrons. The van der Waals surface area contributed by atoms with Crippen LogP contribution in [0.4, 0.5) is 31.9 Å². The monoisotopic (exact) mass is 356 g/mol. The molecule has 7 heteroatoms. The Morgan fingerprint density at radius 1 is 0.923 bits per heavy atom. The molecule has 3 aromatic rings. The molecule has 1 heterocycles. The molecule has 0 atom stereocenters. The number of para-hydroxylation sites is 1. The van der Waals surface area contributed by atoms with Gasteiger partial charge in [0.05, 0.1) is 12.8 Å². The summed E-state index contributed by atoms with van der Waals surface area (Å²) in [5.74, 6) is -0.202. The highest BCUT2D eigenvalue weighted by molar-refractivity contribution is 5.65. The van der Waals surface area contributed by atoms with Gasteiger partial charge in [-0.3, -0.25) is 0 Å². The van der Waals surface area contributed by atoms with Crippen molar-refractivity contribution in [3.05, 3.63) is 65.4 Å². The lowest BCUT2D eigenvalue weighted by Crippen LogP contribution is -2.05. The number of aryl methyl sites for hydroxylation is 2. The third-order valence-electron chi connectivity index (χ3n) is 3.67. The van der Waals surface area contributed by atoms with Gasteiger partial charge in [-0.25, -0.2) is 13.8 Å². The van der Waals surface area contributed by atoms with E-state index in [1.165, 1.54) is 18.2 Å². The second-order valence-corrected chi connectivity index (χ2v) is 5.77. The zero-order valence-corrected chi connectivity index (χ0v) is 14.6. The normalized spacial score (nSPS) is 10.5. The molecule has 0 fully saturated rings. The molecule has 0 unspecified atom stereocenters. The van der Waals surface area contributed by atoms with Gasteiger partial charge < -0.3 is 15.4 Å². The number of anilines is 4. The molecule has 0 spiro atoms. The first-order chi connectivity index (χ1) is 12.5. The molecule has 0 saturated heterocycles. The molecule has 0 radical (unpaired) electrons. The molecule has 1 aromatic heterocycles. The summed E-state index contributed by atoms with van der Waals surface area (Å²) >= 11 is 0. The van der Waals surface area contributed by atoms with E-state index in [2.05, 4.69) is 20.6 Å². The molecule has 5 nitrogen and oxygen atoms in total. The van der Waals surface area contributed by atoms with Gasteiger partial charge in [0.2, 0.25) is 5.95 Å². The van der Waals surface area contributed by atoms with E-state index < -0.39 is 11.6 Å². The predicted molar refractivity (Wildman–Crippen MR) is 97.4 cm³/mol. The first kappa shape index (κ1) is 17.6. The van der Waals surface area contributed by atoms with Crippen molar-refractivity contribution in [3.8, 4) is 5.75 Å². The molecule has 0 aliphatic heterocycles. The average Bonchev–Trinajstić information content (AvgIpc) is 2.58. The summed E-state index contributed by atoms with van der Waals surface area (Å²) in [5.41, 5.74) is 2.10. The van der Waals surface area contributed by atoms with Crippen molar-refractivity contribution in [2.75, 3.05) is 17.7 Å². The molecule has 3 rings (SSSR count). The highest BCUT2D eigenvalue weighted by Crippen LogP contribution is 2.28. The van der Waals surface area contributed by atoms with Crippen LogP contribution in [0.1, 0.15) is 11.3 Å². The summed E-state index contributed by atoms with van der Waals surface area (Å²) in [7, 11) is 1.57. The van der Waals surface area contributed by atoms with Crippen LogP contribution in [-0.4, -0.2) is 17.1 Å². The second-order valence-electron chi connectivity index (χ2n) is 5.77. The number of rotatable bonds is 5. The third-order valence-corrected chi connectivity index (χ3v) is 3.67. The molecular weight excluding hydrogens is 338 g/mol. The van der Waals surface area contributed by atoms with Crippen LogP contribution in [0, 0.1) is 25.5 Å². The smallest absolute Gasteiger partial charge is 0.229 e. The van der Waals surface area contributed by atoms with E-state index in [0.29, 0.717) is 17.1 Å². The van der Waals surface area contributed by atoms with Gasteiger partial charge >= 0.3 is 0 Å². The number of nitrogens with zero attached hydrogens (tertiary/aromatic N) is 2. The molecular formula is C19H18F2N4O. The van der Waals surface area contributed by atoms with Crippen LogP contribution in [0.2, 0.25) is 0 Å². The maximum atomic E-state index is 13.8. The zero-order chi connectivity index (χ0) is 18.7. The van der Waals surface area contributed by atoms with Crippen molar-refractivity contribution in [3.63, 3.8) is 0 Å². The van der Waals surface area contributed by atoms with Crippen LogP contribution in [0.15, 0.2) is 42.5 Å². The minimum Gasteiger partial charge on any atom is -0.495 e. The van der Waals surface area contributed by atoms with Crippen molar-refractivity contribution in [2.45, 2.75) is 13.8 Å². The minimum atomic E-state index is -0.698. The molecule has 0 aliphatic rings. The Morgan fingerprint density at radius 3 is 2.35 bits per heavy atom. The number of benzene rings is 2. The summed E-state index contributed by atoms with van der Waals surface area (Å²) in [6, 6.07) is 10.9. The Labute approximate surface area is 150 Å². The van der Waals surface area contributed by atoms with Crippen molar-refractivity contribution >= 4 is 23.1 Å². The largest absolute Gasteiger partial charge is 0.495 e. The topological polar surface area (TPSA) is 59.1 Å². The first-order valence-corrected chi connectivity index (χ1v) is 7.94. The standard InChI is InChI=1S/C19H18F2N4O/c1-11-7-8-16(26-3)15(9-11)23-19-22-12(2)10-17(25-19)24-18-13(20)5-4-6-14(18)21/h4-10H,1-3H3,(H2,22,23,24,25). The van der Waals surface area contributed by atoms with Crippen LogP contribution in [-0.2, 0) is 0 Å². The minimum absolute atomic E-state index is 0.260. The van der Waals surface area contributed by atoms with E-state index in [4.69, 9.17) is 4.74 Å². The fourth-order valence-electron chi connectivity index (χ4n) is 2.47. The Hall–Kier alpha value is -3.22. The van der Waals surface area contributed by atoms with Crippen LogP contribution >= 0.6 is 0 Å². The number of halogens is 2. The molecule has 0 bridgehead atoms. The summed E-state index contributed by atoms with van der Waals surface area (Å²) < 4.78 is 33.0. The van der Waals surface area contributed by atoms with Crippen LogP contribution < -0.4 is 15.4 Å². The predicted octanol–water partition coefficient (Wildman–Crippen LogP) is 4.87. The second kappa shape index (κ2) is 7.35. The average molecular weight is 356 g/mol. The van der Waals surface area contributed by atoms with E-state index in [1.807, 2.05) is 25.1 Å². The maximum absolute atomic E-state index is 13.8. The Balaban J connectivity index is 1.92. The Bertz CT molecular complexity index is 927. The number of hydrogen-bond donors (Lipinski definition) is 2. The lowest BCUT2D eigenvalue weighted by Gasteiger charge is -2.13. The van der Waals surface area contributed by atoms with Gasteiger partial charge in [-0.1, -0.05) is 12.1 Å². The lowest BCUT2D eigenvalue weighted by molar-refractivity contribution is 0.416. The number of nitrogens with one attached hydrogen (secondary N) is 2. The quantitative estimate of drug-likeness (QED) is 0.683. The van der Waals surface area contributed by atoms with Gasteiger partial charge in [0.25, 0.3) is 0 Å². The van der Waals surface area contributed by atoms with E-state index in [0.717, 1.165) is 5.56 Å². The number of aromatic nitrogens is 2. The number of hydrogen-bond acceptors (Lipinski definition) is 5. The summed E-state index contributed by atoms with van der Waals surface area (Å²) in [5, 5.41) is 5.76. The van der Waals surface area contributed by atoms with Gasteiger partial charge in [-0.05, 0) is 43.7 Å². The van der Waals surface area contributed by atoms with E-state index in [-0.39, 0.29) is 17.5 Å². The molecule has 0 aliphatic carbocycles. The van der Waals surface area contributed by atoms with Crippen LogP contribution in [0.3, 0.4) is 0 Å². The highest BCUT2D eigenvalue weighted by atomic mass is 19.1. The van der Waals surface area contributed by atoms with Crippen LogP contribution in [0.5, 0.6) is 5.75 Å². The molecule has 26 heavy (non-hydrogen) atoms.